The van der Waals surface area contributed by atoms with E-state index in [0.29, 0.717) is 12.4 Å². The minimum atomic E-state index is -0.514. The quantitative estimate of drug-likeness (QED) is 0.760. The van der Waals surface area contributed by atoms with Crippen molar-refractivity contribution in [2.45, 2.75) is 44.3 Å². The van der Waals surface area contributed by atoms with Gasteiger partial charge in [0.1, 0.15) is 11.6 Å². The van der Waals surface area contributed by atoms with Crippen LogP contribution in [-0.2, 0) is 6.61 Å². The molecule has 0 spiro atoms. The molecule has 1 aromatic heterocycles. The summed E-state index contributed by atoms with van der Waals surface area (Å²) in [6.07, 6.45) is 6.04. The van der Waals surface area contributed by atoms with E-state index in [1.807, 2.05) is 0 Å². The highest BCUT2D eigenvalue weighted by molar-refractivity contribution is 5.39. The summed E-state index contributed by atoms with van der Waals surface area (Å²) in [6.45, 7) is 0.325. The number of rotatable bonds is 5. The Labute approximate surface area is 111 Å². The molecule has 0 saturated heterocycles. The molecule has 0 radical (unpaired) electrons. The molecule has 2 aliphatic rings. The van der Waals surface area contributed by atoms with Crippen LogP contribution in [0, 0.1) is 11.2 Å². The number of anilines is 1. The van der Waals surface area contributed by atoms with Gasteiger partial charge in [-0.05, 0) is 38.2 Å². The molecule has 1 heterocycles. The fourth-order valence-corrected chi connectivity index (χ4v) is 2.96. The zero-order valence-electron chi connectivity index (χ0n) is 10.8. The van der Waals surface area contributed by atoms with E-state index in [0.717, 1.165) is 38.3 Å². The lowest BCUT2D eigenvalue weighted by Crippen LogP contribution is -2.48. The molecule has 4 nitrogen and oxygen atoms in total. The molecule has 3 N–H and O–H groups in total. The van der Waals surface area contributed by atoms with Crippen LogP contribution >= 0.6 is 0 Å². The summed E-state index contributed by atoms with van der Waals surface area (Å²) < 4.78 is 13.2. The second-order valence-electron chi connectivity index (χ2n) is 5.84. The van der Waals surface area contributed by atoms with E-state index in [9.17, 15) is 9.50 Å². The Morgan fingerprint density at radius 3 is 2.58 bits per heavy atom. The van der Waals surface area contributed by atoms with Gasteiger partial charge < -0.3 is 15.5 Å². The molecule has 3 rings (SSSR count). The van der Waals surface area contributed by atoms with Crippen LogP contribution < -0.4 is 5.32 Å². The average molecular weight is 266 g/mol. The number of pyridine rings is 1. The zero-order chi connectivity index (χ0) is 13.5. The monoisotopic (exact) mass is 266 g/mol. The van der Waals surface area contributed by atoms with Crippen molar-refractivity contribution in [2.24, 2.45) is 5.41 Å². The lowest BCUT2D eigenvalue weighted by molar-refractivity contribution is -0.0917. The summed E-state index contributed by atoms with van der Waals surface area (Å²) in [4.78, 5) is 3.96. The van der Waals surface area contributed by atoms with Crippen LogP contribution in [0.15, 0.2) is 12.3 Å². The minimum Gasteiger partial charge on any atom is -0.392 e. The second-order valence-corrected chi connectivity index (χ2v) is 5.84. The predicted octanol–water partition coefficient (Wildman–Crippen LogP) is 1.82. The van der Waals surface area contributed by atoms with Gasteiger partial charge >= 0.3 is 0 Å². The zero-order valence-corrected chi connectivity index (χ0v) is 10.8. The summed E-state index contributed by atoms with van der Waals surface area (Å²) >= 11 is 0. The van der Waals surface area contributed by atoms with Crippen molar-refractivity contribution in [1.82, 2.24) is 4.98 Å². The van der Waals surface area contributed by atoms with Crippen molar-refractivity contribution in [1.29, 1.82) is 0 Å². The van der Waals surface area contributed by atoms with Crippen molar-refractivity contribution in [3.8, 4) is 0 Å². The van der Waals surface area contributed by atoms with Gasteiger partial charge in [0.2, 0.25) is 0 Å². The van der Waals surface area contributed by atoms with Crippen LogP contribution in [0.3, 0.4) is 0 Å². The molecule has 0 bridgehead atoms. The molecule has 104 valence electrons. The Morgan fingerprint density at radius 2 is 2.05 bits per heavy atom. The summed E-state index contributed by atoms with van der Waals surface area (Å²) in [5, 5.41) is 22.7. The maximum absolute atomic E-state index is 13.2. The van der Waals surface area contributed by atoms with E-state index in [-0.39, 0.29) is 17.6 Å². The standard InChI is InChI=1S/C14H19FN2O2/c15-11-7-16-12(6-10(11)8-18)17-9-13(4-5-13)14(19)2-1-3-14/h6-7,18-19H,1-5,8-9H2,(H,16,17). The number of hydrogen-bond donors (Lipinski definition) is 3. The molecule has 0 aliphatic heterocycles. The Hall–Kier alpha value is -1.20. The van der Waals surface area contributed by atoms with Crippen molar-refractivity contribution >= 4 is 5.82 Å². The van der Waals surface area contributed by atoms with Gasteiger partial charge in [-0.3, -0.25) is 0 Å². The Morgan fingerprint density at radius 1 is 1.32 bits per heavy atom. The van der Waals surface area contributed by atoms with Crippen LogP contribution in [-0.4, -0.2) is 27.3 Å². The van der Waals surface area contributed by atoms with Crippen LogP contribution in [0.25, 0.3) is 0 Å². The Kier molecular flexibility index (Phi) is 2.98. The third kappa shape index (κ3) is 2.11. The normalized spacial score (nSPS) is 22.7. The van der Waals surface area contributed by atoms with Gasteiger partial charge in [-0.1, -0.05) is 0 Å². The third-order valence-electron chi connectivity index (χ3n) is 4.73. The number of halogens is 1. The molecular weight excluding hydrogens is 247 g/mol. The molecular formula is C14H19FN2O2. The molecule has 0 atom stereocenters. The van der Waals surface area contributed by atoms with Crippen molar-refractivity contribution < 1.29 is 14.6 Å². The molecule has 1 aromatic rings. The van der Waals surface area contributed by atoms with Crippen molar-refractivity contribution in [3.63, 3.8) is 0 Å². The van der Waals surface area contributed by atoms with E-state index in [1.54, 1.807) is 0 Å². The largest absolute Gasteiger partial charge is 0.392 e. The maximum atomic E-state index is 13.2. The number of hydrogen-bond acceptors (Lipinski definition) is 4. The van der Waals surface area contributed by atoms with Gasteiger partial charge in [0.15, 0.2) is 0 Å². The molecule has 0 unspecified atom stereocenters. The highest BCUT2D eigenvalue weighted by Crippen LogP contribution is 2.60. The van der Waals surface area contributed by atoms with Crippen molar-refractivity contribution in [2.75, 3.05) is 11.9 Å². The number of aromatic nitrogens is 1. The lowest BCUT2D eigenvalue weighted by atomic mass is 9.69. The molecule has 2 aliphatic carbocycles. The topological polar surface area (TPSA) is 65.4 Å². The number of nitrogens with one attached hydrogen (secondary N) is 1. The summed E-state index contributed by atoms with van der Waals surface area (Å²) in [5.41, 5.74) is -0.301. The molecule has 19 heavy (non-hydrogen) atoms. The predicted molar refractivity (Wildman–Crippen MR) is 69.1 cm³/mol. The minimum absolute atomic E-state index is 0.0271. The molecule has 0 amide bonds. The van der Waals surface area contributed by atoms with Crippen LogP contribution in [0.1, 0.15) is 37.7 Å². The Bertz CT molecular complexity index is 484. The summed E-state index contributed by atoms with van der Waals surface area (Å²) in [5.74, 6) is 0.0615. The fraction of sp³-hybridized carbons (Fsp3) is 0.643. The first-order chi connectivity index (χ1) is 9.09. The second kappa shape index (κ2) is 4.42. The number of nitrogens with zero attached hydrogens (tertiary/aromatic N) is 1. The van der Waals surface area contributed by atoms with E-state index < -0.39 is 11.4 Å². The van der Waals surface area contributed by atoms with Gasteiger partial charge in [0, 0.05) is 17.5 Å². The Balaban J connectivity index is 1.66. The van der Waals surface area contributed by atoms with E-state index in [4.69, 9.17) is 5.11 Å². The number of aliphatic hydroxyl groups excluding tert-OH is 1. The van der Waals surface area contributed by atoms with Gasteiger partial charge in [-0.15, -0.1) is 0 Å². The average Bonchev–Trinajstić information content (AvgIpc) is 3.16. The van der Waals surface area contributed by atoms with Crippen molar-refractivity contribution in [3.05, 3.63) is 23.6 Å². The fourth-order valence-electron chi connectivity index (χ4n) is 2.96. The first-order valence-electron chi connectivity index (χ1n) is 6.80. The molecule has 5 heteroatoms. The van der Waals surface area contributed by atoms with E-state index in [1.165, 1.54) is 6.07 Å². The smallest absolute Gasteiger partial charge is 0.147 e. The van der Waals surface area contributed by atoms with Gasteiger partial charge in [0.05, 0.1) is 18.4 Å². The lowest BCUT2D eigenvalue weighted by Gasteiger charge is -2.44. The molecule has 0 aromatic carbocycles. The summed E-state index contributed by atoms with van der Waals surface area (Å²) in [7, 11) is 0. The summed E-state index contributed by atoms with van der Waals surface area (Å²) in [6, 6.07) is 1.52. The highest BCUT2D eigenvalue weighted by Gasteiger charge is 2.60. The first kappa shape index (κ1) is 12.8. The number of aliphatic hydroxyl groups is 2. The van der Waals surface area contributed by atoms with Crippen LogP contribution in [0.4, 0.5) is 10.2 Å². The van der Waals surface area contributed by atoms with E-state index >= 15 is 0 Å². The van der Waals surface area contributed by atoms with Gasteiger partial charge in [0.25, 0.3) is 0 Å². The highest BCUT2D eigenvalue weighted by atomic mass is 19.1. The first-order valence-corrected chi connectivity index (χ1v) is 6.80. The molecule has 2 fully saturated rings. The third-order valence-corrected chi connectivity index (χ3v) is 4.73. The van der Waals surface area contributed by atoms with Gasteiger partial charge in [-0.2, -0.15) is 0 Å². The molecule has 2 saturated carbocycles. The van der Waals surface area contributed by atoms with Crippen LogP contribution in [0.5, 0.6) is 0 Å². The van der Waals surface area contributed by atoms with Crippen LogP contribution in [0.2, 0.25) is 0 Å². The van der Waals surface area contributed by atoms with Gasteiger partial charge in [-0.25, -0.2) is 9.37 Å². The SMILES string of the molecule is OCc1cc(NCC2(C3(O)CCC3)CC2)ncc1F. The van der Waals surface area contributed by atoms with E-state index in [2.05, 4.69) is 10.3 Å². The maximum Gasteiger partial charge on any atom is 0.147 e.